The number of nitrogens with one attached hydrogen (secondary N) is 1. The molecule has 0 spiro atoms. The first-order valence-electron chi connectivity index (χ1n) is 8.54. The van der Waals surface area contributed by atoms with Crippen LogP contribution in [0.5, 0.6) is 5.75 Å². The van der Waals surface area contributed by atoms with Crippen molar-refractivity contribution in [2.45, 2.75) is 39.5 Å². The predicted octanol–water partition coefficient (Wildman–Crippen LogP) is 3.99. The molecule has 0 aliphatic carbocycles. The van der Waals surface area contributed by atoms with Crippen LogP contribution in [0.25, 0.3) is 0 Å². The molecule has 3 nitrogen and oxygen atoms in total. The summed E-state index contributed by atoms with van der Waals surface area (Å²) in [4.78, 5) is 11.9. The third-order valence-corrected chi connectivity index (χ3v) is 4.34. The number of ether oxygens (including phenoxy) is 1. The Morgan fingerprint density at radius 3 is 2.33 bits per heavy atom. The van der Waals surface area contributed by atoms with E-state index < -0.39 is 0 Å². The van der Waals surface area contributed by atoms with Crippen LogP contribution in [0.15, 0.2) is 42.5 Å². The average molecular weight is 325 g/mol. The number of aryl methyl sites for hydroxylation is 4. The van der Waals surface area contributed by atoms with Gasteiger partial charge in [0.25, 0.3) is 0 Å². The Labute approximate surface area is 145 Å². The predicted molar refractivity (Wildman–Crippen MR) is 98.6 cm³/mol. The van der Waals surface area contributed by atoms with Crippen LogP contribution in [0.1, 0.15) is 35.1 Å². The molecule has 0 unspecified atom stereocenters. The summed E-state index contributed by atoms with van der Waals surface area (Å²) < 4.78 is 5.15. The molecule has 0 saturated heterocycles. The highest BCUT2D eigenvalue weighted by atomic mass is 16.5. The van der Waals surface area contributed by atoms with Gasteiger partial charge in [-0.1, -0.05) is 30.3 Å². The first-order chi connectivity index (χ1) is 11.6. The molecular weight excluding hydrogens is 298 g/mol. The number of amides is 1. The minimum Gasteiger partial charge on any atom is -0.497 e. The van der Waals surface area contributed by atoms with E-state index in [0.29, 0.717) is 6.42 Å². The average Bonchev–Trinajstić information content (AvgIpc) is 2.60. The van der Waals surface area contributed by atoms with Crippen LogP contribution >= 0.6 is 0 Å². The van der Waals surface area contributed by atoms with Crippen LogP contribution in [0.3, 0.4) is 0 Å². The number of methoxy groups -OCH3 is 1. The van der Waals surface area contributed by atoms with Gasteiger partial charge in [0, 0.05) is 13.0 Å². The summed E-state index contributed by atoms with van der Waals surface area (Å²) in [6.45, 7) is 4.94. The quantitative estimate of drug-likeness (QED) is 0.745. The van der Waals surface area contributed by atoms with Gasteiger partial charge >= 0.3 is 0 Å². The van der Waals surface area contributed by atoms with E-state index in [1.807, 2.05) is 12.1 Å². The van der Waals surface area contributed by atoms with Crippen LogP contribution in [-0.4, -0.2) is 19.6 Å². The Hall–Kier alpha value is -2.29. The van der Waals surface area contributed by atoms with Crippen LogP contribution in [-0.2, 0) is 17.6 Å². The summed E-state index contributed by atoms with van der Waals surface area (Å²) in [5.74, 6) is 1.00. The minimum atomic E-state index is 0.128. The Balaban J connectivity index is 1.64. The summed E-state index contributed by atoms with van der Waals surface area (Å²) in [6.07, 6.45) is 3.25. The molecule has 2 rings (SSSR count). The van der Waals surface area contributed by atoms with Crippen molar-refractivity contribution in [3.8, 4) is 5.75 Å². The van der Waals surface area contributed by atoms with Crippen LogP contribution in [0.2, 0.25) is 0 Å². The number of carbonyl (C=O) groups is 1. The van der Waals surface area contributed by atoms with Gasteiger partial charge in [0.15, 0.2) is 0 Å². The van der Waals surface area contributed by atoms with Crippen molar-refractivity contribution in [1.29, 1.82) is 0 Å². The lowest BCUT2D eigenvalue weighted by Gasteiger charge is -2.07. The van der Waals surface area contributed by atoms with E-state index in [2.05, 4.69) is 49.5 Å². The highest BCUT2D eigenvalue weighted by molar-refractivity contribution is 5.76. The zero-order valence-corrected chi connectivity index (χ0v) is 14.9. The molecule has 0 bridgehead atoms. The lowest BCUT2D eigenvalue weighted by atomic mass is 10.0. The van der Waals surface area contributed by atoms with Gasteiger partial charge in [-0.25, -0.2) is 0 Å². The maximum atomic E-state index is 11.9. The van der Waals surface area contributed by atoms with Crippen LogP contribution in [0, 0.1) is 13.8 Å². The molecule has 2 aromatic carbocycles. The molecule has 24 heavy (non-hydrogen) atoms. The molecule has 1 amide bonds. The van der Waals surface area contributed by atoms with Crippen molar-refractivity contribution >= 4 is 5.91 Å². The van der Waals surface area contributed by atoms with E-state index in [1.165, 1.54) is 22.3 Å². The molecule has 0 aliphatic rings. The minimum absolute atomic E-state index is 0.128. The molecule has 0 fully saturated rings. The van der Waals surface area contributed by atoms with E-state index in [1.54, 1.807) is 7.11 Å². The smallest absolute Gasteiger partial charge is 0.220 e. The molecule has 0 aromatic heterocycles. The Morgan fingerprint density at radius 2 is 1.67 bits per heavy atom. The van der Waals surface area contributed by atoms with Crippen molar-refractivity contribution in [3.05, 3.63) is 64.7 Å². The maximum Gasteiger partial charge on any atom is 0.220 e. The standard InChI is InChI=1S/C21H27NO2/c1-16-6-7-19(15-17(16)2)10-13-21(23)22-14-4-5-18-8-11-20(24-3)12-9-18/h6-9,11-12,15H,4-5,10,13-14H2,1-3H3,(H,22,23). The SMILES string of the molecule is COc1ccc(CCCNC(=O)CCc2ccc(C)c(C)c2)cc1. The second kappa shape index (κ2) is 9.11. The van der Waals surface area contributed by atoms with Gasteiger partial charge in [0.1, 0.15) is 5.75 Å². The number of hydrogen-bond acceptors (Lipinski definition) is 2. The molecule has 128 valence electrons. The van der Waals surface area contributed by atoms with Crippen molar-refractivity contribution < 1.29 is 9.53 Å². The van der Waals surface area contributed by atoms with Crippen molar-refractivity contribution in [2.24, 2.45) is 0 Å². The summed E-state index contributed by atoms with van der Waals surface area (Å²) in [5, 5.41) is 3.01. The fourth-order valence-electron chi connectivity index (χ4n) is 2.62. The van der Waals surface area contributed by atoms with Crippen molar-refractivity contribution in [2.75, 3.05) is 13.7 Å². The second-order valence-electron chi connectivity index (χ2n) is 6.22. The molecular formula is C21H27NO2. The zero-order valence-electron chi connectivity index (χ0n) is 14.9. The van der Waals surface area contributed by atoms with Gasteiger partial charge in [-0.05, 0) is 67.5 Å². The van der Waals surface area contributed by atoms with E-state index in [0.717, 1.165) is 31.6 Å². The van der Waals surface area contributed by atoms with Crippen LogP contribution in [0.4, 0.5) is 0 Å². The second-order valence-corrected chi connectivity index (χ2v) is 6.22. The number of benzene rings is 2. The van der Waals surface area contributed by atoms with Gasteiger partial charge in [-0.3, -0.25) is 4.79 Å². The molecule has 0 aliphatic heterocycles. The largest absolute Gasteiger partial charge is 0.497 e. The molecule has 0 radical (unpaired) electrons. The number of rotatable bonds is 8. The maximum absolute atomic E-state index is 11.9. The third-order valence-electron chi connectivity index (χ3n) is 4.34. The number of carbonyl (C=O) groups excluding carboxylic acids is 1. The molecule has 2 aromatic rings. The fourth-order valence-corrected chi connectivity index (χ4v) is 2.62. The van der Waals surface area contributed by atoms with Crippen molar-refractivity contribution in [3.63, 3.8) is 0 Å². The molecule has 0 saturated carbocycles. The molecule has 3 heteroatoms. The van der Waals surface area contributed by atoms with E-state index in [4.69, 9.17) is 4.74 Å². The fraction of sp³-hybridized carbons (Fsp3) is 0.381. The Morgan fingerprint density at radius 1 is 0.958 bits per heavy atom. The summed E-state index contributed by atoms with van der Waals surface area (Å²) >= 11 is 0. The van der Waals surface area contributed by atoms with E-state index in [-0.39, 0.29) is 5.91 Å². The van der Waals surface area contributed by atoms with Gasteiger partial charge in [0.05, 0.1) is 7.11 Å². The Kier molecular flexibility index (Phi) is 6.86. The first-order valence-corrected chi connectivity index (χ1v) is 8.54. The normalized spacial score (nSPS) is 10.5. The van der Waals surface area contributed by atoms with Gasteiger partial charge in [-0.15, -0.1) is 0 Å². The zero-order chi connectivity index (χ0) is 17.4. The monoisotopic (exact) mass is 325 g/mol. The van der Waals surface area contributed by atoms with Gasteiger partial charge < -0.3 is 10.1 Å². The lowest BCUT2D eigenvalue weighted by molar-refractivity contribution is -0.121. The first kappa shape index (κ1) is 18.1. The summed E-state index contributed by atoms with van der Waals surface area (Å²) in [5.41, 5.74) is 5.07. The summed E-state index contributed by atoms with van der Waals surface area (Å²) in [6, 6.07) is 14.5. The van der Waals surface area contributed by atoms with Crippen LogP contribution < -0.4 is 10.1 Å². The number of hydrogen-bond donors (Lipinski definition) is 1. The van der Waals surface area contributed by atoms with Gasteiger partial charge in [-0.2, -0.15) is 0 Å². The Bertz CT molecular complexity index is 662. The highest BCUT2D eigenvalue weighted by Gasteiger charge is 2.03. The van der Waals surface area contributed by atoms with E-state index >= 15 is 0 Å². The van der Waals surface area contributed by atoms with Crippen molar-refractivity contribution in [1.82, 2.24) is 5.32 Å². The molecule has 1 N–H and O–H groups in total. The topological polar surface area (TPSA) is 38.3 Å². The highest BCUT2D eigenvalue weighted by Crippen LogP contribution is 2.13. The van der Waals surface area contributed by atoms with E-state index in [9.17, 15) is 4.79 Å². The lowest BCUT2D eigenvalue weighted by Crippen LogP contribution is -2.25. The molecule has 0 atom stereocenters. The third kappa shape index (κ3) is 5.73. The molecule has 0 heterocycles. The summed E-state index contributed by atoms with van der Waals surface area (Å²) in [7, 11) is 1.67. The van der Waals surface area contributed by atoms with Gasteiger partial charge in [0.2, 0.25) is 5.91 Å².